The minimum Gasteiger partial charge on any atom is -0.346 e. The first-order chi connectivity index (χ1) is 10.5. The fraction of sp³-hybridized carbons (Fsp3) is 0.467. The molecule has 1 fully saturated rings. The summed E-state index contributed by atoms with van der Waals surface area (Å²) in [6.45, 7) is 4.48. The lowest BCUT2D eigenvalue weighted by Gasteiger charge is -2.22. The van der Waals surface area contributed by atoms with Crippen LogP contribution < -0.4 is 10.6 Å². The van der Waals surface area contributed by atoms with Gasteiger partial charge in [0, 0.05) is 18.3 Å². The number of nitrogens with one attached hydrogen (secondary N) is 2. The molecule has 1 heterocycles. The molecule has 1 atom stereocenters. The molecule has 5 nitrogen and oxygen atoms in total. The molecule has 120 valence electrons. The van der Waals surface area contributed by atoms with E-state index in [1.165, 1.54) is 12.1 Å². The van der Waals surface area contributed by atoms with Crippen LogP contribution in [0.15, 0.2) is 18.2 Å². The molecule has 1 aliphatic rings. The number of nitrogens with zero attached hydrogens (tertiary/aromatic N) is 1. The molecule has 22 heavy (non-hydrogen) atoms. The highest BCUT2D eigenvalue weighted by molar-refractivity contribution is 6.39. The average molecular weight is 328 g/mol. The van der Waals surface area contributed by atoms with E-state index in [4.69, 9.17) is 11.6 Å². The molecular formula is C15H19ClFN3O2. The summed E-state index contributed by atoms with van der Waals surface area (Å²) >= 11 is 5.62. The minimum absolute atomic E-state index is 0.109. The first-order valence-electron chi connectivity index (χ1n) is 7.29. The average Bonchev–Trinajstić information content (AvgIpc) is 2.96. The summed E-state index contributed by atoms with van der Waals surface area (Å²) in [5, 5.41) is 4.92. The van der Waals surface area contributed by atoms with Gasteiger partial charge in [0.25, 0.3) is 0 Å². The van der Waals surface area contributed by atoms with Crippen molar-refractivity contribution in [1.82, 2.24) is 10.2 Å². The van der Waals surface area contributed by atoms with Gasteiger partial charge in [-0.3, -0.25) is 14.5 Å². The van der Waals surface area contributed by atoms with Gasteiger partial charge in [-0.1, -0.05) is 18.5 Å². The van der Waals surface area contributed by atoms with E-state index in [0.717, 1.165) is 32.0 Å². The second kappa shape index (κ2) is 7.56. The summed E-state index contributed by atoms with van der Waals surface area (Å²) in [6, 6.07) is 4.02. The van der Waals surface area contributed by atoms with Gasteiger partial charge in [0.1, 0.15) is 5.82 Å². The molecule has 0 radical (unpaired) electrons. The number of carbonyl (C=O) groups is 2. The molecule has 0 unspecified atom stereocenters. The highest BCUT2D eigenvalue weighted by Crippen LogP contribution is 2.19. The number of hydrogen-bond acceptors (Lipinski definition) is 3. The molecule has 0 saturated carbocycles. The maximum absolute atomic E-state index is 13.0. The number of hydrogen-bond donors (Lipinski definition) is 2. The molecule has 7 heteroatoms. The Morgan fingerprint density at radius 1 is 1.41 bits per heavy atom. The fourth-order valence-corrected chi connectivity index (χ4v) is 2.78. The molecule has 2 amide bonds. The highest BCUT2D eigenvalue weighted by Gasteiger charge is 2.24. The maximum Gasteiger partial charge on any atom is 0.313 e. The Labute approximate surface area is 133 Å². The van der Waals surface area contributed by atoms with E-state index < -0.39 is 17.6 Å². The van der Waals surface area contributed by atoms with E-state index in [1.807, 2.05) is 0 Å². The number of amides is 2. The van der Waals surface area contributed by atoms with E-state index >= 15 is 0 Å². The third-order valence-corrected chi connectivity index (χ3v) is 4.08. The summed E-state index contributed by atoms with van der Waals surface area (Å²) in [6.07, 6.45) is 2.12. The number of likely N-dealkylation sites (N-methyl/N-ethyl adjacent to an activating group) is 1. The number of halogens is 2. The predicted octanol–water partition coefficient (Wildman–Crippen LogP) is 2.02. The van der Waals surface area contributed by atoms with Crippen molar-refractivity contribution in [3.05, 3.63) is 29.0 Å². The van der Waals surface area contributed by atoms with Gasteiger partial charge < -0.3 is 10.6 Å². The van der Waals surface area contributed by atoms with Crippen molar-refractivity contribution in [1.29, 1.82) is 0 Å². The zero-order valence-corrected chi connectivity index (χ0v) is 13.1. The fourth-order valence-electron chi connectivity index (χ4n) is 2.60. The van der Waals surface area contributed by atoms with Crippen molar-refractivity contribution < 1.29 is 14.0 Å². The van der Waals surface area contributed by atoms with Gasteiger partial charge in [0.15, 0.2) is 0 Å². The van der Waals surface area contributed by atoms with Crippen molar-refractivity contribution in [2.75, 3.05) is 25.0 Å². The number of rotatable bonds is 4. The van der Waals surface area contributed by atoms with Crippen molar-refractivity contribution in [2.24, 2.45) is 0 Å². The molecule has 1 saturated heterocycles. The second-order valence-electron chi connectivity index (χ2n) is 5.22. The zero-order chi connectivity index (χ0) is 16.1. The SMILES string of the molecule is CCN1CCC[C@H]1CNC(=O)C(=O)Nc1ccc(F)c(Cl)c1. The Kier molecular flexibility index (Phi) is 5.74. The van der Waals surface area contributed by atoms with Gasteiger partial charge in [-0.05, 0) is 44.1 Å². The third-order valence-electron chi connectivity index (χ3n) is 3.79. The van der Waals surface area contributed by atoms with Crippen molar-refractivity contribution in [3.8, 4) is 0 Å². The van der Waals surface area contributed by atoms with Crippen LogP contribution in [0.3, 0.4) is 0 Å². The van der Waals surface area contributed by atoms with Gasteiger partial charge in [-0.15, -0.1) is 0 Å². The second-order valence-corrected chi connectivity index (χ2v) is 5.62. The summed E-state index contributed by atoms with van der Waals surface area (Å²) in [7, 11) is 0. The smallest absolute Gasteiger partial charge is 0.313 e. The van der Waals surface area contributed by atoms with Crippen LogP contribution in [0.2, 0.25) is 5.02 Å². The number of benzene rings is 1. The standard InChI is InChI=1S/C15H19ClFN3O2/c1-2-20-7-3-4-11(20)9-18-14(21)15(22)19-10-5-6-13(17)12(16)8-10/h5-6,8,11H,2-4,7,9H2,1H3,(H,18,21)(H,19,22)/t11-/m0/s1. The molecule has 0 spiro atoms. The number of anilines is 1. The van der Waals surface area contributed by atoms with Gasteiger partial charge >= 0.3 is 11.8 Å². The zero-order valence-electron chi connectivity index (χ0n) is 12.4. The predicted molar refractivity (Wildman–Crippen MR) is 83.3 cm³/mol. The topological polar surface area (TPSA) is 61.4 Å². The molecule has 1 aromatic rings. The molecule has 1 aromatic carbocycles. The van der Waals surface area contributed by atoms with Crippen LogP contribution >= 0.6 is 11.6 Å². The Bertz CT molecular complexity index is 568. The van der Waals surface area contributed by atoms with E-state index in [0.29, 0.717) is 6.54 Å². The molecule has 0 bridgehead atoms. The molecule has 0 aromatic heterocycles. The Hall–Kier alpha value is -1.66. The van der Waals surface area contributed by atoms with Gasteiger partial charge in [-0.25, -0.2) is 4.39 Å². The molecule has 1 aliphatic heterocycles. The van der Waals surface area contributed by atoms with Crippen LogP contribution in [-0.4, -0.2) is 42.4 Å². The van der Waals surface area contributed by atoms with Gasteiger partial charge in [-0.2, -0.15) is 0 Å². The largest absolute Gasteiger partial charge is 0.346 e. The van der Waals surface area contributed by atoms with Crippen LogP contribution in [0.5, 0.6) is 0 Å². The van der Waals surface area contributed by atoms with Crippen molar-refractivity contribution in [2.45, 2.75) is 25.8 Å². The summed E-state index contributed by atoms with van der Waals surface area (Å²) in [4.78, 5) is 25.9. The maximum atomic E-state index is 13.0. The third kappa shape index (κ3) is 4.18. The summed E-state index contributed by atoms with van der Waals surface area (Å²) in [5.41, 5.74) is 0.280. The van der Waals surface area contributed by atoms with E-state index in [2.05, 4.69) is 22.5 Å². The van der Waals surface area contributed by atoms with Gasteiger partial charge in [0.2, 0.25) is 0 Å². The quantitative estimate of drug-likeness (QED) is 0.832. The minimum atomic E-state index is -0.788. The van der Waals surface area contributed by atoms with E-state index in [1.54, 1.807) is 0 Å². The number of likely N-dealkylation sites (tertiary alicyclic amines) is 1. The first-order valence-corrected chi connectivity index (χ1v) is 7.67. The van der Waals surface area contributed by atoms with E-state index in [-0.39, 0.29) is 16.8 Å². The molecular weight excluding hydrogens is 309 g/mol. The van der Waals surface area contributed by atoms with Crippen LogP contribution in [0, 0.1) is 5.82 Å². The highest BCUT2D eigenvalue weighted by atomic mass is 35.5. The lowest BCUT2D eigenvalue weighted by atomic mass is 10.2. The Morgan fingerprint density at radius 2 is 2.18 bits per heavy atom. The van der Waals surface area contributed by atoms with Gasteiger partial charge in [0.05, 0.1) is 5.02 Å². The first kappa shape index (κ1) is 16.7. The Balaban J connectivity index is 1.84. The van der Waals surface area contributed by atoms with Crippen LogP contribution in [0.25, 0.3) is 0 Å². The van der Waals surface area contributed by atoms with Crippen LogP contribution in [-0.2, 0) is 9.59 Å². The van der Waals surface area contributed by atoms with Crippen molar-refractivity contribution in [3.63, 3.8) is 0 Å². The normalized spacial score (nSPS) is 18.2. The molecule has 2 rings (SSSR count). The summed E-state index contributed by atoms with van der Waals surface area (Å²) < 4.78 is 13.0. The monoisotopic (exact) mass is 327 g/mol. The van der Waals surface area contributed by atoms with Crippen LogP contribution in [0.4, 0.5) is 10.1 Å². The van der Waals surface area contributed by atoms with Crippen LogP contribution in [0.1, 0.15) is 19.8 Å². The number of carbonyl (C=O) groups excluding carboxylic acids is 2. The lowest BCUT2D eigenvalue weighted by Crippen LogP contribution is -2.43. The molecule has 0 aliphatic carbocycles. The lowest BCUT2D eigenvalue weighted by molar-refractivity contribution is -0.136. The van der Waals surface area contributed by atoms with Crippen molar-refractivity contribution >= 4 is 29.1 Å². The Morgan fingerprint density at radius 3 is 2.86 bits per heavy atom. The summed E-state index contributed by atoms with van der Waals surface area (Å²) in [5.74, 6) is -2.07. The molecule has 2 N–H and O–H groups in total. The van der Waals surface area contributed by atoms with E-state index in [9.17, 15) is 14.0 Å².